The van der Waals surface area contributed by atoms with Crippen LogP contribution in [-0.4, -0.2) is 26.1 Å². The Morgan fingerprint density at radius 3 is 2.67 bits per heavy atom. The van der Waals surface area contributed by atoms with Gasteiger partial charge in [-0.15, -0.1) is 11.3 Å². The van der Waals surface area contributed by atoms with Gasteiger partial charge in [-0.05, 0) is 60.9 Å². The summed E-state index contributed by atoms with van der Waals surface area (Å²) in [5.41, 5.74) is 2.51. The van der Waals surface area contributed by atoms with Crippen molar-refractivity contribution in [2.75, 3.05) is 16.2 Å². The van der Waals surface area contributed by atoms with Crippen LogP contribution in [0.4, 0.5) is 11.4 Å². The quantitative estimate of drug-likeness (QED) is 0.820. The van der Waals surface area contributed by atoms with Gasteiger partial charge in [0.1, 0.15) is 0 Å². The molecule has 1 aliphatic heterocycles. The summed E-state index contributed by atoms with van der Waals surface area (Å²) in [6.07, 6.45) is 6.29. The van der Waals surface area contributed by atoms with Crippen LogP contribution in [-0.2, 0) is 16.4 Å². The molecule has 0 saturated heterocycles. The van der Waals surface area contributed by atoms with Gasteiger partial charge in [0, 0.05) is 17.9 Å². The van der Waals surface area contributed by atoms with Crippen molar-refractivity contribution in [3.8, 4) is 0 Å². The number of hydrogen-bond acceptors (Lipinski definition) is 4. The number of nitrogens with one attached hydrogen (secondary N) is 1. The number of fused-ring (bicyclic) bond motifs is 1. The summed E-state index contributed by atoms with van der Waals surface area (Å²) in [5.74, 6) is 0.0153. The van der Waals surface area contributed by atoms with E-state index in [1.165, 1.54) is 11.3 Å². The number of anilines is 2. The van der Waals surface area contributed by atoms with Crippen LogP contribution in [0.15, 0.2) is 35.7 Å². The SMILES string of the molecule is O=C(c1cccs1)N1CCCc2cc(NS(=O)(=O)C3CCCCC3)ccc21. The van der Waals surface area contributed by atoms with Crippen LogP contribution in [0, 0.1) is 0 Å². The normalized spacial score (nSPS) is 18.1. The van der Waals surface area contributed by atoms with Crippen LogP contribution >= 0.6 is 11.3 Å². The fourth-order valence-electron chi connectivity index (χ4n) is 4.03. The lowest BCUT2D eigenvalue weighted by molar-refractivity contribution is 0.0989. The zero-order valence-corrected chi connectivity index (χ0v) is 16.8. The molecule has 0 unspecified atom stereocenters. The smallest absolute Gasteiger partial charge is 0.268 e. The second-order valence-electron chi connectivity index (χ2n) is 7.29. The number of rotatable bonds is 4. The molecule has 0 atom stereocenters. The topological polar surface area (TPSA) is 66.5 Å². The summed E-state index contributed by atoms with van der Waals surface area (Å²) in [6.45, 7) is 0.691. The predicted octanol–water partition coefficient (Wildman–Crippen LogP) is 4.42. The third kappa shape index (κ3) is 3.89. The highest BCUT2D eigenvalue weighted by molar-refractivity contribution is 7.93. The van der Waals surface area contributed by atoms with Crippen molar-refractivity contribution < 1.29 is 13.2 Å². The molecule has 5 nitrogen and oxygen atoms in total. The van der Waals surface area contributed by atoms with Gasteiger partial charge in [0.05, 0.1) is 10.1 Å². The van der Waals surface area contributed by atoms with Crippen LogP contribution in [0.2, 0.25) is 0 Å². The van der Waals surface area contributed by atoms with Crippen molar-refractivity contribution >= 4 is 38.6 Å². The molecule has 2 heterocycles. The minimum Gasteiger partial charge on any atom is -0.307 e. The van der Waals surface area contributed by atoms with Crippen LogP contribution < -0.4 is 9.62 Å². The molecule has 1 N–H and O–H groups in total. The average Bonchev–Trinajstić information content (AvgIpc) is 3.22. The second-order valence-corrected chi connectivity index (χ2v) is 10.2. The maximum atomic E-state index is 12.8. The lowest BCUT2D eigenvalue weighted by Crippen LogP contribution is -2.35. The van der Waals surface area contributed by atoms with E-state index in [4.69, 9.17) is 0 Å². The number of amides is 1. The maximum Gasteiger partial charge on any atom is 0.268 e. The van der Waals surface area contributed by atoms with Crippen molar-refractivity contribution in [2.45, 2.75) is 50.2 Å². The molecule has 0 bridgehead atoms. The number of nitrogens with zero attached hydrogens (tertiary/aromatic N) is 1. The number of carbonyl (C=O) groups excluding carboxylic acids is 1. The van der Waals surface area contributed by atoms with Gasteiger partial charge in [0.2, 0.25) is 10.0 Å². The van der Waals surface area contributed by atoms with Gasteiger partial charge >= 0.3 is 0 Å². The lowest BCUT2D eigenvalue weighted by atomic mass is 10.0. The summed E-state index contributed by atoms with van der Waals surface area (Å²) in [5, 5.41) is 1.61. The van der Waals surface area contributed by atoms with Gasteiger partial charge in [0.15, 0.2) is 0 Å². The Morgan fingerprint density at radius 2 is 1.93 bits per heavy atom. The van der Waals surface area contributed by atoms with Gasteiger partial charge in [-0.3, -0.25) is 9.52 Å². The summed E-state index contributed by atoms with van der Waals surface area (Å²) in [4.78, 5) is 15.3. The molecule has 1 aliphatic carbocycles. The van der Waals surface area contributed by atoms with Gasteiger partial charge in [0.25, 0.3) is 5.91 Å². The zero-order chi connectivity index (χ0) is 18.9. The molecule has 27 heavy (non-hydrogen) atoms. The maximum absolute atomic E-state index is 12.8. The molecule has 1 aromatic heterocycles. The van der Waals surface area contributed by atoms with Crippen molar-refractivity contribution in [2.24, 2.45) is 0 Å². The molecule has 0 radical (unpaired) electrons. The summed E-state index contributed by atoms with van der Waals surface area (Å²) >= 11 is 1.44. The summed E-state index contributed by atoms with van der Waals surface area (Å²) in [6, 6.07) is 9.27. The number of carbonyl (C=O) groups is 1. The highest BCUT2D eigenvalue weighted by Crippen LogP contribution is 2.32. The van der Waals surface area contributed by atoms with E-state index >= 15 is 0 Å². The van der Waals surface area contributed by atoms with Crippen LogP contribution in [0.25, 0.3) is 0 Å². The minimum atomic E-state index is -3.36. The van der Waals surface area contributed by atoms with E-state index in [0.717, 1.165) is 61.1 Å². The molecule has 0 spiro atoms. The Kier molecular flexibility index (Phi) is 5.23. The summed E-state index contributed by atoms with van der Waals surface area (Å²) in [7, 11) is -3.36. The molecule has 1 fully saturated rings. The van der Waals surface area contributed by atoms with E-state index in [2.05, 4.69) is 4.72 Å². The first-order valence-electron chi connectivity index (χ1n) is 9.54. The van der Waals surface area contributed by atoms with Crippen LogP contribution in [0.5, 0.6) is 0 Å². The molecule has 1 amide bonds. The van der Waals surface area contributed by atoms with E-state index in [1.54, 1.807) is 6.07 Å². The molecule has 1 saturated carbocycles. The number of aryl methyl sites for hydroxylation is 1. The highest BCUT2D eigenvalue weighted by atomic mass is 32.2. The van der Waals surface area contributed by atoms with Crippen LogP contribution in [0.3, 0.4) is 0 Å². The molecule has 1 aromatic carbocycles. The van der Waals surface area contributed by atoms with Gasteiger partial charge in [-0.2, -0.15) is 0 Å². The molecule has 2 aromatic rings. The molecule has 144 valence electrons. The Labute approximate surface area is 164 Å². The number of benzene rings is 1. The molecule has 7 heteroatoms. The summed E-state index contributed by atoms with van der Waals surface area (Å²) < 4.78 is 28.1. The molecular weight excluding hydrogens is 380 g/mol. The third-order valence-electron chi connectivity index (χ3n) is 5.43. The fourth-order valence-corrected chi connectivity index (χ4v) is 6.28. The first-order valence-corrected chi connectivity index (χ1v) is 12.0. The first kappa shape index (κ1) is 18.5. The minimum absolute atomic E-state index is 0.0153. The van der Waals surface area contributed by atoms with Gasteiger partial charge in [-0.1, -0.05) is 25.3 Å². The van der Waals surface area contributed by atoms with Crippen molar-refractivity contribution in [3.63, 3.8) is 0 Å². The second kappa shape index (κ2) is 7.64. The fraction of sp³-hybridized carbons (Fsp3) is 0.450. The molecule has 4 rings (SSSR count). The van der Waals surface area contributed by atoms with Crippen molar-refractivity contribution in [1.82, 2.24) is 0 Å². The van der Waals surface area contributed by atoms with Crippen molar-refractivity contribution in [1.29, 1.82) is 0 Å². The van der Waals surface area contributed by atoms with E-state index < -0.39 is 10.0 Å². The zero-order valence-electron chi connectivity index (χ0n) is 15.2. The van der Waals surface area contributed by atoms with Crippen LogP contribution in [0.1, 0.15) is 53.8 Å². The Balaban J connectivity index is 1.55. The third-order valence-corrected chi connectivity index (χ3v) is 8.15. The number of hydrogen-bond donors (Lipinski definition) is 1. The van der Waals surface area contributed by atoms with Gasteiger partial charge < -0.3 is 4.90 Å². The highest BCUT2D eigenvalue weighted by Gasteiger charge is 2.28. The lowest BCUT2D eigenvalue weighted by Gasteiger charge is -2.30. The monoisotopic (exact) mass is 404 g/mol. The van der Waals surface area contributed by atoms with E-state index in [0.29, 0.717) is 12.2 Å². The van der Waals surface area contributed by atoms with E-state index in [1.807, 2.05) is 34.5 Å². The van der Waals surface area contributed by atoms with Crippen molar-refractivity contribution in [3.05, 3.63) is 46.2 Å². The van der Waals surface area contributed by atoms with Gasteiger partial charge in [-0.25, -0.2) is 8.42 Å². The largest absolute Gasteiger partial charge is 0.307 e. The number of sulfonamides is 1. The first-order chi connectivity index (χ1) is 13.0. The Bertz CT molecular complexity index is 917. The number of thiophene rings is 1. The van der Waals surface area contributed by atoms with E-state index in [9.17, 15) is 13.2 Å². The predicted molar refractivity (Wildman–Crippen MR) is 110 cm³/mol. The molecular formula is C20H24N2O3S2. The average molecular weight is 405 g/mol. The Hall–Kier alpha value is -1.86. The standard InChI is InChI=1S/C20H24N2O3S2/c23-20(19-9-5-13-26-19)22-12-4-6-15-14-16(10-11-18(15)22)21-27(24,25)17-7-2-1-3-8-17/h5,9-11,13-14,17,21H,1-4,6-8,12H2. The van der Waals surface area contributed by atoms with E-state index in [-0.39, 0.29) is 11.2 Å². The molecule has 2 aliphatic rings. The Morgan fingerprint density at radius 1 is 1.11 bits per heavy atom.